The summed E-state index contributed by atoms with van der Waals surface area (Å²) in [5.41, 5.74) is 1.80. The molecule has 6 nitrogen and oxygen atoms in total. The van der Waals surface area contributed by atoms with Crippen LogP contribution in [0.15, 0.2) is 57.8 Å². The molecule has 4 rings (SSSR count). The molecule has 6 heteroatoms. The van der Waals surface area contributed by atoms with Gasteiger partial charge in [-0.2, -0.15) is 0 Å². The quantitative estimate of drug-likeness (QED) is 0.261. The maximum absolute atomic E-state index is 14.0. The second kappa shape index (κ2) is 12.1. The van der Waals surface area contributed by atoms with Gasteiger partial charge in [-0.3, -0.25) is 9.59 Å². The largest absolute Gasteiger partial charge is 0.494 e. The fourth-order valence-electron chi connectivity index (χ4n) is 4.32. The molecule has 0 saturated carbocycles. The van der Waals surface area contributed by atoms with E-state index in [4.69, 9.17) is 18.6 Å². The summed E-state index contributed by atoms with van der Waals surface area (Å²) in [6.07, 6.45) is 7.23. The standard InChI is InChI=1S/C31H36O6/c1-5-7-15-34-23-11-9-22(10-12-23)30-31(36-24-13-14-25(32)21(4)19-24)29(33)28-26(35-16-8-6-2)17-20(3)18-27(28)37-30/h9-14,17-18,21,24H,5-8,15-16,19H2,1-4H3/t21-,24?/m1/s1. The number of unbranched alkanes of at least 4 members (excludes halogenated alkanes) is 2. The Balaban J connectivity index is 1.81. The molecule has 2 atom stereocenters. The molecule has 0 aliphatic heterocycles. The Morgan fingerprint density at radius 3 is 2.35 bits per heavy atom. The summed E-state index contributed by atoms with van der Waals surface area (Å²) < 4.78 is 24.5. The molecule has 0 spiro atoms. The maximum Gasteiger partial charge on any atom is 0.239 e. The zero-order valence-corrected chi connectivity index (χ0v) is 22.2. The van der Waals surface area contributed by atoms with Gasteiger partial charge in [-0.15, -0.1) is 0 Å². The monoisotopic (exact) mass is 504 g/mol. The van der Waals surface area contributed by atoms with Gasteiger partial charge >= 0.3 is 0 Å². The van der Waals surface area contributed by atoms with Crippen LogP contribution in [0.25, 0.3) is 22.3 Å². The molecule has 0 radical (unpaired) electrons. The van der Waals surface area contributed by atoms with E-state index in [0.717, 1.165) is 37.0 Å². The van der Waals surface area contributed by atoms with E-state index in [9.17, 15) is 9.59 Å². The van der Waals surface area contributed by atoms with Gasteiger partial charge in [0.15, 0.2) is 11.5 Å². The molecule has 37 heavy (non-hydrogen) atoms. The lowest BCUT2D eigenvalue weighted by Crippen LogP contribution is -2.27. The van der Waals surface area contributed by atoms with Gasteiger partial charge in [0, 0.05) is 11.5 Å². The summed E-state index contributed by atoms with van der Waals surface area (Å²) in [5.74, 6) is 1.60. The van der Waals surface area contributed by atoms with E-state index in [1.54, 1.807) is 6.08 Å². The van der Waals surface area contributed by atoms with Crippen LogP contribution in [0.3, 0.4) is 0 Å². The van der Waals surface area contributed by atoms with Crippen molar-refractivity contribution in [3.63, 3.8) is 0 Å². The third kappa shape index (κ3) is 6.24. The van der Waals surface area contributed by atoms with Crippen molar-refractivity contribution >= 4 is 16.8 Å². The van der Waals surface area contributed by atoms with Crippen molar-refractivity contribution < 1.29 is 23.4 Å². The first-order chi connectivity index (χ1) is 17.9. The van der Waals surface area contributed by atoms with Crippen molar-refractivity contribution in [2.24, 2.45) is 5.92 Å². The van der Waals surface area contributed by atoms with Crippen LogP contribution in [-0.2, 0) is 4.79 Å². The maximum atomic E-state index is 14.0. The molecule has 0 N–H and O–H groups in total. The molecular weight excluding hydrogens is 468 g/mol. The summed E-state index contributed by atoms with van der Waals surface area (Å²) in [5, 5.41) is 0.365. The van der Waals surface area contributed by atoms with Gasteiger partial charge in [-0.25, -0.2) is 0 Å². The van der Waals surface area contributed by atoms with E-state index in [0.29, 0.717) is 47.7 Å². The van der Waals surface area contributed by atoms with Gasteiger partial charge in [0.2, 0.25) is 11.2 Å². The van der Waals surface area contributed by atoms with Crippen LogP contribution in [0.4, 0.5) is 0 Å². The number of ketones is 1. The Morgan fingerprint density at radius 1 is 0.973 bits per heavy atom. The predicted molar refractivity (Wildman–Crippen MR) is 146 cm³/mol. The second-order valence-electron chi connectivity index (χ2n) is 9.71. The third-order valence-electron chi connectivity index (χ3n) is 6.52. The molecule has 0 fully saturated rings. The Hall–Kier alpha value is -3.54. The second-order valence-corrected chi connectivity index (χ2v) is 9.71. The molecular formula is C31H36O6. The Morgan fingerprint density at radius 2 is 1.68 bits per heavy atom. The predicted octanol–water partition coefficient (Wildman–Crippen LogP) is 7.04. The number of ether oxygens (including phenoxy) is 3. The summed E-state index contributed by atoms with van der Waals surface area (Å²) in [6, 6.07) is 11.2. The molecule has 0 amide bonds. The van der Waals surface area contributed by atoms with Crippen molar-refractivity contribution in [2.45, 2.75) is 65.9 Å². The van der Waals surface area contributed by atoms with E-state index in [2.05, 4.69) is 13.8 Å². The lowest BCUT2D eigenvalue weighted by Gasteiger charge is -2.23. The summed E-state index contributed by atoms with van der Waals surface area (Å²) in [6.45, 7) is 9.19. The highest BCUT2D eigenvalue weighted by molar-refractivity contribution is 5.92. The SMILES string of the molecule is CCCCOc1ccc(-c2oc3cc(C)cc(OCCCC)c3c(=O)c2OC2C=CC(=O)[C@H](C)C2)cc1. The van der Waals surface area contributed by atoms with Crippen molar-refractivity contribution in [3.05, 3.63) is 64.3 Å². The molecule has 196 valence electrons. The summed E-state index contributed by atoms with van der Waals surface area (Å²) >= 11 is 0. The average molecular weight is 505 g/mol. The Labute approximate surface area is 218 Å². The lowest BCUT2D eigenvalue weighted by molar-refractivity contribution is -0.118. The van der Waals surface area contributed by atoms with Gasteiger partial charge in [0.25, 0.3) is 0 Å². The number of aryl methyl sites for hydroxylation is 1. The fourth-order valence-corrected chi connectivity index (χ4v) is 4.32. The highest BCUT2D eigenvalue weighted by Gasteiger charge is 2.27. The molecule has 0 saturated heterocycles. The minimum atomic E-state index is -0.418. The minimum absolute atomic E-state index is 0.0615. The van der Waals surface area contributed by atoms with Gasteiger partial charge in [0.05, 0.1) is 13.2 Å². The van der Waals surface area contributed by atoms with Crippen LogP contribution < -0.4 is 19.6 Å². The topological polar surface area (TPSA) is 75.0 Å². The zero-order valence-electron chi connectivity index (χ0n) is 22.2. The van der Waals surface area contributed by atoms with Crippen molar-refractivity contribution in [1.82, 2.24) is 0 Å². The number of carbonyl (C=O) groups is 1. The first-order valence-electron chi connectivity index (χ1n) is 13.3. The molecule has 3 aromatic rings. The van der Waals surface area contributed by atoms with Gasteiger partial charge in [-0.1, -0.05) is 33.6 Å². The number of hydrogen-bond donors (Lipinski definition) is 0. The van der Waals surface area contributed by atoms with E-state index in [1.807, 2.05) is 50.2 Å². The van der Waals surface area contributed by atoms with Crippen molar-refractivity contribution in [2.75, 3.05) is 13.2 Å². The molecule has 0 bridgehead atoms. The molecule has 1 aliphatic rings. The number of rotatable bonds is 11. The summed E-state index contributed by atoms with van der Waals surface area (Å²) in [7, 11) is 0. The van der Waals surface area contributed by atoms with E-state index in [-0.39, 0.29) is 22.9 Å². The van der Waals surface area contributed by atoms with Crippen molar-refractivity contribution in [3.8, 4) is 28.6 Å². The number of hydrogen-bond acceptors (Lipinski definition) is 6. The molecule has 2 aromatic carbocycles. The van der Waals surface area contributed by atoms with Gasteiger partial charge < -0.3 is 18.6 Å². The van der Waals surface area contributed by atoms with Crippen LogP contribution in [0.5, 0.6) is 17.2 Å². The van der Waals surface area contributed by atoms with Gasteiger partial charge in [0.1, 0.15) is 28.6 Å². The first kappa shape index (κ1) is 26.5. The van der Waals surface area contributed by atoms with E-state index < -0.39 is 6.10 Å². The van der Waals surface area contributed by atoms with Crippen LogP contribution >= 0.6 is 0 Å². The van der Waals surface area contributed by atoms with Crippen molar-refractivity contribution in [1.29, 1.82) is 0 Å². The lowest BCUT2D eigenvalue weighted by atomic mass is 9.93. The van der Waals surface area contributed by atoms with Crippen LogP contribution in [0.2, 0.25) is 0 Å². The van der Waals surface area contributed by atoms with Gasteiger partial charge in [-0.05, 0) is 80.3 Å². The third-order valence-corrected chi connectivity index (χ3v) is 6.52. The highest BCUT2D eigenvalue weighted by atomic mass is 16.5. The first-order valence-corrected chi connectivity index (χ1v) is 13.3. The average Bonchev–Trinajstić information content (AvgIpc) is 2.88. The molecule has 1 unspecified atom stereocenters. The Kier molecular flexibility index (Phi) is 8.70. The van der Waals surface area contributed by atoms with E-state index in [1.165, 1.54) is 6.08 Å². The Bertz CT molecular complexity index is 1320. The summed E-state index contributed by atoms with van der Waals surface area (Å²) in [4.78, 5) is 26.0. The number of fused-ring (bicyclic) bond motifs is 1. The fraction of sp³-hybridized carbons (Fsp3) is 0.419. The number of benzene rings is 2. The molecule has 1 heterocycles. The molecule has 1 aromatic heterocycles. The minimum Gasteiger partial charge on any atom is -0.494 e. The smallest absolute Gasteiger partial charge is 0.239 e. The van der Waals surface area contributed by atoms with Crippen LogP contribution in [0, 0.1) is 12.8 Å². The number of allylic oxidation sites excluding steroid dienone is 1. The van der Waals surface area contributed by atoms with E-state index >= 15 is 0 Å². The van der Waals surface area contributed by atoms with Crippen LogP contribution in [0.1, 0.15) is 58.4 Å². The molecule has 1 aliphatic carbocycles. The number of carbonyl (C=O) groups excluding carboxylic acids is 1. The van der Waals surface area contributed by atoms with Crippen LogP contribution in [-0.4, -0.2) is 25.1 Å². The zero-order chi connectivity index (χ0) is 26.4. The highest BCUT2D eigenvalue weighted by Crippen LogP contribution is 2.36. The normalized spacial score (nSPS) is 17.2.